The monoisotopic (exact) mass is 415 g/mol. The number of aromatic nitrogens is 4. The van der Waals surface area contributed by atoms with Crippen LogP contribution in [0.1, 0.15) is 48.0 Å². The number of hydrogen-bond acceptors (Lipinski definition) is 3. The summed E-state index contributed by atoms with van der Waals surface area (Å²) in [6.07, 6.45) is 2.00. The molecule has 2 aromatic heterocycles. The van der Waals surface area contributed by atoms with Crippen molar-refractivity contribution in [3.05, 3.63) is 82.9 Å². The van der Waals surface area contributed by atoms with E-state index in [4.69, 9.17) is 0 Å². The summed E-state index contributed by atoms with van der Waals surface area (Å²) >= 11 is 0. The van der Waals surface area contributed by atoms with Crippen molar-refractivity contribution in [2.45, 2.75) is 46.7 Å². The predicted molar refractivity (Wildman–Crippen MR) is 123 cm³/mol. The number of amides is 1. The van der Waals surface area contributed by atoms with E-state index >= 15 is 0 Å². The number of nitrogens with one attached hydrogen (secondary N) is 2. The van der Waals surface area contributed by atoms with Gasteiger partial charge in [0.05, 0.1) is 35.5 Å². The van der Waals surface area contributed by atoms with Crippen molar-refractivity contribution >= 4 is 16.9 Å². The average molecular weight is 416 g/mol. The highest BCUT2D eigenvalue weighted by Crippen LogP contribution is 2.25. The highest BCUT2D eigenvalue weighted by Gasteiger charge is 2.20. The van der Waals surface area contributed by atoms with Gasteiger partial charge in [-0.15, -0.1) is 0 Å². The third-order valence-electron chi connectivity index (χ3n) is 5.62. The minimum absolute atomic E-state index is 0.0196. The van der Waals surface area contributed by atoms with Crippen LogP contribution in [0.3, 0.4) is 0 Å². The molecule has 0 spiro atoms. The van der Waals surface area contributed by atoms with Crippen LogP contribution in [0.4, 0.5) is 0 Å². The zero-order valence-corrected chi connectivity index (χ0v) is 18.5. The Kier molecular flexibility index (Phi) is 5.89. The predicted octanol–water partition coefficient (Wildman–Crippen LogP) is 4.48. The van der Waals surface area contributed by atoms with Crippen LogP contribution in [0.2, 0.25) is 0 Å². The molecule has 6 nitrogen and oxygen atoms in total. The third kappa shape index (κ3) is 4.53. The SMILES string of the molecule is Cc1nn(CC(C)C)c(C)c1CC(=O)N[C@@H](c1ccccc1)c1ccc2nc[nH]c2c1. The van der Waals surface area contributed by atoms with Gasteiger partial charge in [-0.1, -0.05) is 50.2 Å². The van der Waals surface area contributed by atoms with Gasteiger partial charge in [-0.3, -0.25) is 9.48 Å². The number of aromatic amines is 1. The Labute approximate surface area is 182 Å². The van der Waals surface area contributed by atoms with E-state index in [-0.39, 0.29) is 11.9 Å². The van der Waals surface area contributed by atoms with Gasteiger partial charge in [0, 0.05) is 17.8 Å². The second-order valence-corrected chi connectivity index (χ2v) is 8.49. The Morgan fingerprint density at radius 3 is 2.61 bits per heavy atom. The van der Waals surface area contributed by atoms with Crippen molar-refractivity contribution in [3.63, 3.8) is 0 Å². The van der Waals surface area contributed by atoms with Crippen molar-refractivity contribution in [3.8, 4) is 0 Å². The van der Waals surface area contributed by atoms with Gasteiger partial charge < -0.3 is 10.3 Å². The number of imidazole rings is 1. The topological polar surface area (TPSA) is 75.6 Å². The van der Waals surface area contributed by atoms with E-state index < -0.39 is 0 Å². The van der Waals surface area contributed by atoms with Gasteiger partial charge in [-0.05, 0) is 43.0 Å². The number of nitrogens with zero attached hydrogens (tertiary/aromatic N) is 3. The van der Waals surface area contributed by atoms with Gasteiger partial charge in [0.25, 0.3) is 0 Å². The maximum atomic E-state index is 13.2. The lowest BCUT2D eigenvalue weighted by atomic mass is 9.97. The van der Waals surface area contributed by atoms with Crippen LogP contribution in [-0.2, 0) is 17.8 Å². The normalized spacial score (nSPS) is 12.4. The molecule has 0 saturated carbocycles. The molecule has 0 fully saturated rings. The van der Waals surface area contributed by atoms with Gasteiger partial charge in [0.2, 0.25) is 5.91 Å². The van der Waals surface area contributed by atoms with Gasteiger partial charge in [0.15, 0.2) is 0 Å². The Morgan fingerprint density at radius 1 is 1.10 bits per heavy atom. The van der Waals surface area contributed by atoms with Gasteiger partial charge in [-0.2, -0.15) is 5.10 Å². The lowest BCUT2D eigenvalue weighted by Gasteiger charge is -2.20. The summed E-state index contributed by atoms with van der Waals surface area (Å²) in [5, 5.41) is 7.90. The zero-order chi connectivity index (χ0) is 22.0. The number of carbonyl (C=O) groups excluding carboxylic acids is 1. The van der Waals surface area contributed by atoms with E-state index in [1.165, 1.54) is 0 Å². The molecule has 2 heterocycles. The molecular weight excluding hydrogens is 386 g/mol. The van der Waals surface area contributed by atoms with Crippen LogP contribution >= 0.6 is 0 Å². The van der Waals surface area contributed by atoms with E-state index in [0.717, 1.165) is 45.7 Å². The highest BCUT2D eigenvalue weighted by atomic mass is 16.1. The minimum atomic E-state index is -0.243. The summed E-state index contributed by atoms with van der Waals surface area (Å²) in [5.74, 6) is 0.480. The molecule has 1 atom stereocenters. The fraction of sp³-hybridized carbons (Fsp3) is 0.320. The molecule has 0 unspecified atom stereocenters. The van der Waals surface area contributed by atoms with Crippen molar-refractivity contribution < 1.29 is 4.79 Å². The summed E-state index contributed by atoms with van der Waals surface area (Å²) in [4.78, 5) is 20.6. The summed E-state index contributed by atoms with van der Waals surface area (Å²) in [5.41, 5.74) is 6.91. The summed E-state index contributed by atoms with van der Waals surface area (Å²) in [6, 6.07) is 15.9. The number of benzene rings is 2. The van der Waals surface area contributed by atoms with E-state index in [1.54, 1.807) is 6.33 Å². The largest absolute Gasteiger partial charge is 0.345 e. The second kappa shape index (κ2) is 8.76. The molecule has 0 aliphatic carbocycles. The molecule has 0 bridgehead atoms. The van der Waals surface area contributed by atoms with Crippen LogP contribution in [0.25, 0.3) is 11.0 Å². The molecule has 4 rings (SSSR count). The Bertz CT molecular complexity index is 1190. The van der Waals surface area contributed by atoms with Crippen LogP contribution in [0, 0.1) is 19.8 Å². The first-order valence-electron chi connectivity index (χ1n) is 10.7. The number of H-pyrrole nitrogens is 1. The fourth-order valence-corrected chi connectivity index (χ4v) is 4.02. The first kappa shape index (κ1) is 20.8. The highest BCUT2D eigenvalue weighted by molar-refractivity contribution is 5.81. The number of aryl methyl sites for hydroxylation is 1. The molecule has 0 radical (unpaired) electrons. The van der Waals surface area contributed by atoms with Crippen LogP contribution in [0.5, 0.6) is 0 Å². The maximum absolute atomic E-state index is 13.2. The van der Waals surface area contributed by atoms with Gasteiger partial charge in [0.1, 0.15) is 0 Å². The van der Waals surface area contributed by atoms with Crippen LogP contribution in [-0.4, -0.2) is 25.7 Å². The molecule has 2 aromatic carbocycles. The molecule has 6 heteroatoms. The molecule has 2 N–H and O–H groups in total. The van der Waals surface area contributed by atoms with Crippen molar-refractivity contribution in [2.24, 2.45) is 5.92 Å². The number of fused-ring (bicyclic) bond motifs is 1. The molecule has 0 aliphatic heterocycles. The molecule has 31 heavy (non-hydrogen) atoms. The summed E-state index contributed by atoms with van der Waals surface area (Å²) in [7, 11) is 0. The Hall–Kier alpha value is -3.41. The number of rotatable bonds is 7. The van der Waals surface area contributed by atoms with E-state index in [2.05, 4.69) is 40.3 Å². The lowest BCUT2D eigenvalue weighted by molar-refractivity contribution is -0.121. The van der Waals surface area contributed by atoms with Gasteiger partial charge in [-0.25, -0.2) is 4.98 Å². The van der Waals surface area contributed by atoms with Crippen LogP contribution in [0.15, 0.2) is 54.9 Å². The molecule has 0 aliphatic rings. The van der Waals surface area contributed by atoms with E-state index in [0.29, 0.717) is 12.3 Å². The quantitative estimate of drug-likeness (QED) is 0.467. The van der Waals surface area contributed by atoms with Crippen molar-refractivity contribution in [1.82, 2.24) is 25.1 Å². The molecule has 1 amide bonds. The van der Waals surface area contributed by atoms with E-state index in [9.17, 15) is 4.79 Å². The Morgan fingerprint density at radius 2 is 1.87 bits per heavy atom. The molecule has 0 saturated heterocycles. The standard InChI is InChI=1S/C25H29N5O/c1-16(2)14-30-18(4)21(17(3)29-30)13-24(31)28-25(19-8-6-5-7-9-19)20-10-11-22-23(12-20)27-15-26-22/h5-12,15-16,25H,13-14H2,1-4H3,(H,26,27)(H,28,31)/t25-/m0/s1. The smallest absolute Gasteiger partial charge is 0.225 e. The molecule has 160 valence electrons. The average Bonchev–Trinajstić information content (AvgIpc) is 3.32. The molecule has 4 aromatic rings. The Balaban J connectivity index is 1.60. The van der Waals surface area contributed by atoms with Gasteiger partial charge >= 0.3 is 0 Å². The summed E-state index contributed by atoms with van der Waals surface area (Å²) in [6.45, 7) is 9.22. The number of hydrogen-bond donors (Lipinski definition) is 2. The lowest BCUT2D eigenvalue weighted by Crippen LogP contribution is -2.31. The second-order valence-electron chi connectivity index (χ2n) is 8.49. The first-order chi connectivity index (χ1) is 14.9. The number of carbonyl (C=O) groups is 1. The van der Waals surface area contributed by atoms with E-state index in [1.807, 2.05) is 61.0 Å². The zero-order valence-electron chi connectivity index (χ0n) is 18.5. The van der Waals surface area contributed by atoms with Crippen LogP contribution < -0.4 is 5.32 Å². The fourth-order valence-electron chi connectivity index (χ4n) is 4.02. The summed E-state index contributed by atoms with van der Waals surface area (Å²) < 4.78 is 2.02. The maximum Gasteiger partial charge on any atom is 0.225 e. The van der Waals surface area contributed by atoms with Crippen molar-refractivity contribution in [2.75, 3.05) is 0 Å². The first-order valence-corrected chi connectivity index (χ1v) is 10.7. The van der Waals surface area contributed by atoms with Crippen molar-refractivity contribution in [1.29, 1.82) is 0 Å². The minimum Gasteiger partial charge on any atom is -0.345 e. The molecular formula is C25H29N5O. The third-order valence-corrected chi connectivity index (χ3v) is 5.62.